The molecule has 13 aromatic rings. The Kier molecular flexibility index (Phi) is 11.7. The number of rotatable bonds is 10. The summed E-state index contributed by atoms with van der Waals surface area (Å²) in [5.74, 6) is 0. The molecule has 0 aliphatic heterocycles. The molecule has 74 heavy (non-hydrogen) atoms. The fourth-order valence-corrected chi connectivity index (χ4v) is 11.8. The van der Waals surface area contributed by atoms with E-state index < -0.39 is 0 Å². The molecule has 0 saturated carbocycles. The van der Waals surface area contributed by atoms with Gasteiger partial charge in [-0.15, -0.1) is 11.3 Å². The van der Waals surface area contributed by atoms with Gasteiger partial charge >= 0.3 is 0 Å². The summed E-state index contributed by atoms with van der Waals surface area (Å²) in [5.41, 5.74) is 23.5. The van der Waals surface area contributed by atoms with E-state index in [4.69, 9.17) is 4.98 Å². The minimum Gasteiger partial charge on any atom is -0.256 e. The van der Waals surface area contributed by atoms with Gasteiger partial charge in [-0.25, -0.2) is 0 Å². The fourth-order valence-electron chi connectivity index (χ4n) is 10.6. The number of hydrogen-bond donors (Lipinski definition) is 0. The monoisotopic (exact) mass is 961 g/mol. The molecule has 0 N–H and O–H groups in total. The van der Waals surface area contributed by atoms with Crippen LogP contribution in [-0.4, -0.2) is 15.0 Å². The van der Waals surface area contributed by atoms with Gasteiger partial charge in [0.15, 0.2) is 0 Å². The molecular formula is C70H47N3S. The summed E-state index contributed by atoms with van der Waals surface area (Å²) in [6.07, 6.45) is 5.57. The summed E-state index contributed by atoms with van der Waals surface area (Å²) in [4.78, 5) is 14.1. The lowest BCUT2D eigenvalue weighted by Crippen LogP contribution is -1.94. The first-order valence-electron chi connectivity index (χ1n) is 25.0. The number of aromatic nitrogens is 3. The first-order chi connectivity index (χ1) is 36.6. The first kappa shape index (κ1) is 44.6. The Morgan fingerprint density at radius 2 is 0.662 bits per heavy atom. The van der Waals surface area contributed by atoms with Gasteiger partial charge in [0.25, 0.3) is 0 Å². The summed E-state index contributed by atoms with van der Waals surface area (Å²) in [6, 6.07) is 90.0. The highest BCUT2D eigenvalue weighted by Crippen LogP contribution is 2.46. The van der Waals surface area contributed by atoms with Crippen molar-refractivity contribution in [1.29, 1.82) is 0 Å². The standard InChI is InChI=1S/C70H47N3S/c1-46-15-14-22-64-63-37-34-51(45-69(63)74-70(46)64)65-44-52(68-25-10-13-40-73-68)35-36-62(65)61-21-7-6-20-60(61)55-42-53(58-18-4-2-16-56(58)47-26-30-49(31-27-47)66-23-8-11-38-71-66)41-54(43-55)59-19-5-3-17-57(59)48-28-32-50(33-29-48)67-24-9-12-39-72-67/h2-45H,1H3. The average Bonchev–Trinajstić information content (AvgIpc) is 3.87. The predicted octanol–water partition coefficient (Wildman–Crippen LogP) is 19.2. The average molecular weight is 962 g/mol. The van der Waals surface area contributed by atoms with Crippen LogP contribution in [0.2, 0.25) is 0 Å². The van der Waals surface area contributed by atoms with Crippen molar-refractivity contribution in [2.75, 3.05) is 0 Å². The Labute approximate surface area is 435 Å². The van der Waals surface area contributed by atoms with Gasteiger partial charge in [0, 0.05) is 55.5 Å². The summed E-state index contributed by atoms with van der Waals surface area (Å²) < 4.78 is 2.62. The lowest BCUT2D eigenvalue weighted by molar-refractivity contribution is 1.33. The highest BCUT2D eigenvalue weighted by molar-refractivity contribution is 7.26. The second kappa shape index (κ2) is 19.3. The molecule has 9 aromatic carbocycles. The Morgan fingerprint density at radius 1 is 0.257 bits per heavy atom. The third kappa shape index (κ3) is 8.47. The van der Waals surface area contributed by atoms with Gasteiger partial charge < -0.3 is 0 Å². The van der Waals surface area contributed by atoms with Gasteiger partial charge in [-0.05, 0) is 157 Å². The van der Waals surface area contributed by atoms with Crippen molar-refractivity contribution >= 4 is 31.5 Å². The van der Waals surface area contributed by atoms with Gasteiger partial charge in [-0.1, -0.05) is 182 Å². The molecule has 0 aliphatic carbocycles. The third-order valence-corrected chi connectivity index (χ3v) is 15.5. The molecule has 0 aliphatic rings. The van der Waals surface area contributed by atoms with Crippen LogP contribution in [0.25, 0.3) is 132 Å². The zero-order valence-electron chi connectivity index (χ0n) is 40.7. The first-order valence-corrected chi connectivity index (χ1v) is 25.9. The highest BCUT2D eigenvalue weighted by Gasteiger charge is 2.20. The van der Waals surface area contributed by atoms with E-state index in [0.717, 1.165) is 106 Å². The molecule has 348 valence electrons. The zero-order chi connectivity index (χ0) is 49.4. The van der Waals surface area contributed by atoms with Crippen molar-refractivity contribution in [3.05, 3.63) is 273 Å². The van der Waals surface area contributed by atoms with E-state index in [0.29, 0.717) is 0 Å². The molecule has 0 unspecified atom stereocenters. The van der Waals surface area contributed by atoms with Crippen molar-refractivity contribution in [3.8, 4) is 112 Å². The van der Waals surface area contributed by atoms with E-state index in [9.17, 15) is 0 Å². The number of pyridine rings is 3. The molecular weight excluding hydrogens is 915 g/mol. The Hall–Kier alpha value is -9.35. The van der Waals surface area contributed by atoms with E-state index in [-0.39, 0.29) is 0 Å². The van der Waals surface area contributed by atoms with Crippen LogP contribution in [0.15, 0.2) is 267 Å². The third-order valence-electron chi connectivity index (χ3n) is 14.2. The molecule has 0 radical (unpaired) electrons. The molecule has 0 saturated heterocycles. The van der Waals surface area contributed by atoms with Gasteiger partial charge in [-0.3, -0.25) is 15.0 Å². The smallest absolute Gasteiger partial charge is 0.0702 e. The van der Waals surface area contributed by atoms with Crippen LogP contribution in [0.5, 0.6) is 0 Å². The molecule has 0 fully saturated rings. The van der Waals surface area contributed by atoms with Gasteiger partial charge in [0.2, 0.25) is 0 Å². The Bertz CT molecular complexity index is 4020. The van der Waals surface area contributed by atoms with Crippen LogP contribution >= 0.6 is 11.3 Å². The number of thiophene rings is 1. The number of nitrogens with zero attached hydrogens (tertiary/aromatic N) is 3. The zero-order valence-corrected chi connectivity index (χ0v) is 41.5. The van der Waals surface area contributed by atoms with Crippen LogP contribution in [0.1, 0.15) is 5.56 Å². The largest absolute Gasteiger partial charge is 0.256 e. The van der Waals surface area contributed by atoms with E-state index in [1.54, 1.807) is 0 Å². The Balaban J connectivity index is 1.00. The number of aryl methyl sites for hydroxylation is 1. The number of benzene rings is 9. The van der Waals surface area contributed by atoms with Crippen LogP contribution in [0.3, 0.4) is 0 Å². The fraction of sp³-hybridized carbons (Fsp3) is 0.0143. The molecule has 0 bridgehead atoms. The number of fused-ring (bicyclic) bond motifs is 3. The SMILES string of the molecule is Cc1cccc2c1sc1cc(-c3cc(-c4ccccn4)ccc3-c3ccccc3-c3cc(-c4ccccc4-c4ccc(-c5ccccn5)cc4)cc(-c4ccccc4-c4ccc(-c5ccccn5)cc4)c3)ccc12. The molecule has 0 amide bonds. The lowest BCUT2D eigenvalue weighted by Gasteiger charge is -2.19. The molecule has 0 atom stereocenters. The molecule has 13 rings (SSSR count). The quantitative estimate of drug-likeness (QED) is 0.137. The van der Waals surface area contributed by atoms with Crippen LogP contribution < -0.4 is 0 Å². The molecule has 0 spiro atoms. The van der Waals surface area contributed by atoms with E-state index in [1.807, 2.05) is 60.3 Å². The van der Waals surface area contributed by atoms with Crippen LogP contribution in [-0.2, 0) is 0 Å². The maximum atomic E-state index is 4.81. The summed E-state index contributed by atoms with van der Waals surface area (Å²) in [5, 5.41) is 2.60. The Morgan fingerprint density at radius 3 is 1.16 bits per heavy atom. The van der Waals surface area contributed by atoms with E-state index >= 15 is 0 Å². The minimum atomic E-state index is 0.944. The maximum absolute atomic E-state index is 4.81. The molecule has 4 aromatic heterocycles. The predicted molar refractivity (Wildman–Crippen MR) is 312 cm³/mol. The van der Waals surface area contributed by atoms with Crippen LogP contribution in [0.4, 0.5) is 0 Å². The van der Waals surface area contributed by atoms with E-state index in [1.165, 1.54) is 31.3 Å². The van der Waals surface area contributed by atoms with Crippen molar-refractivity contribution in [2.24, 2.45) is 0 Å². The van der Waals surface area contributed by atoms with Crippen molar-refractivity contribution in [1.82, 2.24) is 15.0 Å². The molecule has 4 heteroatoms. The summed E-state index contributed by atoms with van der Waals surface area (Å²) in [6.45, 7) is 2.21. The summed E-state index contributed by atoms with van der Waals surface area (Å²) in [7, 11) is 0. The maximum Gasteiger partial charge on any atom is 0.0702 e. The van der Waals surface area contributed by atoms with E-state index in [2.05, 4.69) is 235 Å². The van der Waals surface area contributed by atoms with Crippen molar-refractivity contribution in [3.63, 3.8) is 0 Å². The molecule has 3 nitrogen and oxygen atoms in total. The second-order valence-electron chi connectivity index (χ2n) is 18.8. The van der Waals surface area contributed by atoms with Crippen molar-refractivity contribution in [2.45, 2.75) is 6.92 Å². The topological polar surface area (TPSA) is 38.7 Å². The van der Waals surface area contributed by atoms with Gasteiger partial charge in [-0.2, -0.15) is 0 Å². The number of hydrogen-bond acceptors (Lipinski definition) is 4. The van der Waals surface area contributed by atoms with Gasteiger partial charge in [0.1, 0.15) is 0 Å². The molecule has 4 heterocycles. The lowest BCUT2D eigenvalue weighted by atomic mass is 9.84. The van der Waals surface area contributed by atoms with Crippen LogP contribution in [0, 0.1) is 6.92 Å². The second-order valence-corrected chi connectivity index (χ2v) is 19.8. The van der Waals surface area contributed by atoms with Gasteiger partial charge in [0.05, 0.1) is 17.1 Å². The summed E-state index contributed by atoms with van der Waals surface area (Å²) >= 11 is 1.88. The normalized spacial score (nSPS) is 11.3. The minimum absolute atomic E-state index is 0.944. The van der Waals surface area contributed by atoms with Crippen molar-refractivity contribution < 1.29 is 0 Å². The highest BCUT2D eigenvalue weighted by atomic mass is 32.1.